The molecule has 0 bridgehead atoms. The molecule has 7 heteroatoms. The minimum absolute atomic E-state index is 0.0120. The number of anilines is 3. The van der Waals surface area contributed by atoms with Crippen LogP contribution in [0, 0.1) is 0 Å². The molecular weight excluding hydrogens is 380 g/mol. The van der Waals surface area contributed by atoms with E-state index >= 15 is 0 Å². The van der Waals surface area contributed by atoms with Gasteiger partial charge >= 0.3 is 0 Å². The van der Waals surface area contributed by atoms with Crippen LogP contribution >= 0.6 is 0 Å². The zero-order chi connectivity index (χ0) is 20.6. The van der Waals surface area contributed by atoms with Gasteiger partial charge in [-0.2, -0.15) is 0 Å². The number of para-hydroxylation sites is 3. The Kier molecular flexibility index (Phi) is 4.83. The molecule has 3 aliphatic heterocycles. The number of fused-ring (bicyclic) bond motifs is 1. The summed E-state index contributed by atoms with van der Waals surface area (Å²) in [6.07, 6.45) is 1.16. The Labute approximate surface area is 176 Å². The normalized spacial score (nSPS) is 20.3. The highest BCUT2D eigenvalue weighted by Gasteiger charge is 2.45. The molecule has 2 aromatic rings. The van der Waals surface area contributed by atoms with Crippen molar-refractivity contribution in [1.82, 2.24) is 4.90 Å². The molecule has 3 aliphatic rings. The van der Waals surface area contributed by atoms with Gasteiger partial charge in [-0.3, -0.25) is 9.59 Å². The fourth-order valence-electron chi connectivity index (χ4n) is 4.61. The summed E-state index contributed by atoms with van der Waals surface area (Å²) in [5, 5.41) is 6.48. The Morgan fingerprint density at radius 1 is 0.900 bits per heavy atom. The highest BCUT2D eigenvalue weighted by atomic mass is 16.5. The predicted molar refractivity (Wildman–Crippen MR) is 116 cm³/mol. The maximum absolute atomic E-state index is 13.4. The summed E-state index contributed by atoms with van der Waals surface area (Å²) in [5.41, 5.74) is 2.78. The van der Waals surface area contributed by atoms with Gasteiger partial charge in [-0.25, -0.2) is 0 Å². The summed E-state index contributed by atoms with van der Waals surface area (Å²) in [5.74, 6) is 0.0191. The van der Waals surface area contributed by atoms with Crippen molar-refractivity contribution in [1.29, 1.82) is 0 Å². The van der Waals surface area contributed by atoms with Gasteiger partial charge in [-0.15, -0.1) is 0 Å². The van der Waals surface area contributed by atoms with E-state index in [0.29, 0.717) is 39.1 Å². The van der Waals surface area contributed by atoms with Crippen molar-refractivity contribution in [3.63, 3.8) is 0 Å². The Hall–Kier alpha value is -3.06. The van der Waals surface area contributed by atoms with Crippen LogP contribution in [-0.4, -0.2) is 61.6 Å². The molecule has 0 atom stereocenters. The number of likely N-dealkylation sites (tertiary alicyclic amines) is 1. The number of nitrogens with zero attached hydrogens (tertiary/aromatic N) is 2. The van der Waals surface area contributed by atoms with Crippen molar-refractivity contribution >= 4 is 28.9 Å². The number of ether oxygens (including phenoxy) is 1. The summed E-state index contributed by atoms with van der Waals surface area (Å²) in [6.45, 7) is 4.01. The molecule has 2 saturated heterocycles. The molecule has 156 valence electrons. The van der Waals surface area contributed by atoms with Crippen LogP contribution in [0.3, 0.4) is 0 Å². The summed E-state index contributed by atoms with van der Waals surface area (Å²) < 4.78 is 5.45. The Morgan fingerprint density at radius 3 is 2.33 bits per heavy atom. The number of carbonyl (C=O) groups excluding carboxylic acids is 2. The van der Waals surface area contributed by atoms with Gasteiger partial charge in [0, 0.05) is 31.9 Å². The SMILES string of the molecule is O=C(c1ccccc1N1CCOCC1)N1CCC2(CC1)Nc1ccccc1NC2=O. The number of nitrogens with one attached hydrogen (secondary N) is 2. The standard InChI is InChI=1S/C23H26N4O3/c28-21(17-5-1-4-8-20(17)26-13-15-30-16-14-26)27-11-9-23(10-12-27)22(29)24-18-6-2-3-7-19(18)25-23/h1-8,25H,9-16H2,(H,24,29). The van der Waals surface area contributed by atoms with Gasteiger partial charge in [0.25, 0.3) is 5.91 Å². The van der Waals surface area contributed by atoms with E-state index in [1.54, 1.807) is 0 Å². The van der Waals surface area contributed by atoms with Crippen LogP contribution in [0.2, 0.25) is 0 Å². The maximum Gasteiger partial charge on any atom is 0.255 e. The van der Waals surface area contributed by atoms with Crippen molar-refractivity contribution in [3.8, 4) is 0 Å². The molecular formula is C23H26N4O3. The second-order valence-corrected chi connectivity index (χ2v) is 8.12. The molecule has 0 radical (unpaired) electrons. The molecule has 0 unspecified atom stereocenters. The fourth-order valence-corrected chi connectivity index (χ4v) is 4.61. The molecule has 2 amide bonds. The maximum atomic E-state index is 13.4. The number of hydrogen-bond acceptors (Lipinski definition) is 5. The van der Waals surface area contributed by atoms with Crippen LogP contribution in [-0.2, 0) is 9.53 Å². The lowest BCUT2D eigenvalue weighted by Crippen LogP contribution is -2.59. The average molecular weight is 406 g/mol. The number of carbonyl (C=O) groups is 2. The molecule has 5 rings (SSSR count). The van der Waals surface area contributed by atoms with Crippen LogP contribution in [0.25, 0.3) is 0 Å². The van der Waals surface area contributed by atoms with Crippen LogP contribution in [0.5, 0.6) is 0 Å². The Bertz CT molecular complexity index is 962. The van der Waals surface area contributed by atoms with Gasteiger partial charge < -0.3 is 25.2 Å². The molecule has 2 N–H and O–H groups in total. The van der Waals surface area contributed by atoms with Crippen LogP contribution in [0.4, 0.5) is 17.1 Å². The Balaban J connectivity index is 1.32. The summed E-state index contributed by atoms with van der Waals surface area (Å²) in [7, 11) is 0. The summed E-state index contributed by atoms with van der Waals surface area (Å²) >= 11 is 0. The van der Waals surface area contributed by atoms with Crippen molar-refractivity contribution in [2.24, 2.45) is 0 Å². The first-order valence-electron chi connectivity index (χ1n) is 10.6. The van der Waals surface area contributed by atoms with Crippen LogP contribution < -0.4 is 15.5 Å². The molecule has 0 aliphatic carbocycles. The van der Waals surface area contributed by atoms with E-state index in [0.717, 1.165) is 35.7 Å². The third-order valence-corrected chi connectivity index (χ3v) is 6.37. The highest BCUT2D eigenvalue weighted by molar-refractivity contribution is 6.06. The van der Waals surface area contributed by atoms with E-state index in [2.05, 4.69) is 15.5 Å². The van der Waals surface area contributed by atoms with Gasteiger partial charge in [0.1, 0.15) is 5.54 Å². The van der Waals surface area contributed by atoms with Crippen molar-refractivity contribution in [3.05, 3.63) is 54.1 Å². The smallest absolute Gasteiger partial charge is 0.255 e. The van der Waals surface area contributed by atoms with E-state index in [-0.39, 0.29) is 11.8 Å². The van der Waals surface area contributed by atoms with E-state index in [4.69, 9.17) is 4.74 Å². The third kappa shape index (κ3) is 3.29. The number of piperidine rings is 1. The van der Waals surface area contributed by atoms with Gasteiger partial charge in [0.2, 0.25) is 5.91 Å². The second-order valence-electron chi connectivity index (χ2n) is 8.12. The lowest BCUT2D eigenvalue weighted by molar-refractivity contribution is -0.122. The molecule has 7 nitrogen and oxygen atoms in total. The topological polar surface area (TPSA) is 73.9 Å². The lowest BCUT2D eigenvalue weighted by atomic mass is 9.84. The first-order chi connectivity index (χ1) is 14.7. The van der Waals surface area contributed by atoms with Gasteiger partial charge in [0.05, 0.1) is 30.2 Å². The monoisotopic (exact) mass is 406 g/mol. The van der Waals surface area contributed by atoms with Gasteiger partial charge in [-0.1, -0.05) is 24.3 Å². The minimum atomic E-state index is -0.658. The number of morpholine rings is 1. The number of hydrogen-bond donors (Lipinski definition) is 2. The first kappa shape index (κ1) is 18.9. The number of benzene rings is 2. The summed E-state index contributed by atoms with van der Waals surface area (Å²) in [4.78, 5) is 30.3. The van der Waals surface area contributed by atoms with E-state index in [9.17, 15) is 9.59 Å². The van der Waals surface area contributed by atoms with E-state index < -0.39 is 5.54 Å². The molecule has 0 saturated carbocycles. The van der Waals surface area contributed by atoms with Crippen molar-refractivity contribution in [2.45, 2.75) is 18.4 Å². The predicted octanol–water partition coefficient (Wildman–Crippen LogP) is 2.56. The molecule has 1 spiro atoms. The zero-order valence-electron chi connectivity index (χ0n) is 16.9. The van der Waals surface area contributed by atoms with E-state index in [1.807, 2.05) is 53.4 Å². The number of rotatable bonds is 2. The van der Waals surface area contributed by atoms with Gasteiger partial charge in [0.15, 0.2) is 0 Å². The fraction of sp³-hybridized carbons (Fsp3) is 0.391. The van der Waals surface area contributed by atoms with Crippen molar-refractivity contribution in [2.75, 3.05) is 54.9 Å². The summed E-state index contributed by atoms with van der Waals surface area (Å²) in [6, 6.07) is 15.5. The lowest BCUT2D eigenvalue weighted by Gasteiger charge is -2.44. The minimum Gasteiger partial charge on any atom is -0.378 e. The zero-order valence-corrected chi connectivity index (χ0v) is 16.9. The molecule has 2 aromatic carbocycles. The Morgan fingerprint density at radius 2 is 1.57 bits per heavy atom. The average Bonchev–Trinajstić information content (AvgIpc) is 2.80. The molecule has 0 aromatic heterocycles. The molecule has 2 fully saturated rings. The van der Waals surface area contributed by atoms with Crippen LogP contribution in [0.15, 0.2) is 48.5 Å². The van der Waals surface area contributed by atoms with Gasteiger partial charge in [-0.05, 0) is 37.1 Å². The van der Waals surface area contributed by atoms with Crippen LogP contribution in [0.1, 0.15) is 23.2 Å². The molecule has 30 heavy (non-hydrogen) atoms. The third-order valence-electron chi connectivity index (χ3n) is 6.37. The molecule has 3 heterocycles. The quantitative estimate of drug-likeness (QED) is 0.802. The number of amides is 2. The highest BCUT2D eigenvalue weighted by Crippen LogP contribution is 2.36. The van der Waals surface area contributed by atoms with Crippen molar-refractivity contribution < 1.29 is 14.3 Å². The largest absolute Gasteiger partial charge is 0.378 e. The second kappa shape index (κ2) is 7.65. The first-order valence-corrected chi connectivity index (χ1v) is 10.6. The van der Waals surface area contributed by atoms with E-state index in [1.165, 1.54) is 0 Å².